The Bertz CT molecular complexity index is 581. The first-order chi connectivity index (χ1) is 7.38. The van der Waals surface area contributed by atoms with Crippen LogP contribution < -0.4 is 4.74 Å². The lowest BCUT2D eigenvalue weighted by molar-refractivity contribution is 0.351. The van der Waals surface area contributed by atoms with Gasteiger partial charge in [-0.05, 0) is 34.1 Å². The summed E-state index contributed by atoms with van der Waals surface area (Å²) in [6, 6.07) is 3.29. The quantitative estimate of drug-likeness (QED) is 0.734. The van der Waals surface area contributed by atoms with Crippen LogP contribution in [0.2, 0.25) is 5.02 Å². The molecule has 2 rings (SSSR count). The monoisotopic (exact) mass is 342 g/mol. The van der Waals surface area contributed by atoms with Crippen molar-refractivity contribution in [2.75, 3.05) is 6.61 Å². The molecule has 0 saturated heterocycles. The predicted molar refractivity (Wildman–Crippen MR) is 67.4 cm³/mol. The molecule has 0 radical (unpaired) electrons. The van der Waals surface area contributed by atoms with E-state index in [1.807, 2.05) is 0 Å². The second-order valence-corrected chi connectivity index (χ2v) is 7.05. The fourth-order valence-electron chi connectivity index (χ4n) is 1.34. The van der Waals surface area contributed by atoms with Crippen molar-refractivity contribution in [3.63, 3.8) is 0 Å². The summed E-state index contributed by atoms with van der Waals surface area (Å²) in [6.07, 6.45) is 1.46. The van der Waals surface area contributed by atoms with Crippen molar-refractivity contribution in [2.24, 2.45) is 0 Å². The Hall–Kier alpha value is -0.230. The number of halogens is 3. The van der Waals surface area contributed by atoms with Crippen LogP contribution in [-0.4, -0.2) is 15.0 Å². The van der Waals surface area contributed by atoms with Crippen LogP contribution in [-0.2, 0) is 9.05 Å². The van der Waals surface area contributed by atoms with Gasteiger partial charge in [0.2, 0.25) is 0 Å². The van der Waals surface area contributed by atoms with Crippen LogP contribution in [0.15, 0.2) is 21.5 Å². The van der Waals surface area contributed by atoms with Crippen molar-refractivity contribution in [3.8, 4) is 5.75 Å². The Balaban J connectivity index is 2.60. The molecule has 0 unspecified atom stereocenters. The molecular weight excluding hydrogens is 339 g/mol. The molecule has 0 fully saturated rings. The molecule has 1 aromatic carbocycles. The average Bonchev–Trinajstić information content (AvgIpc) is 2.15. The third kappa shape index (κ3) is 2.37. The zero-order chi connectivity index (χ0) is 11.9. The van der Waals surface area contributed by atoms with Gasteiger partial charge < -0.3 is 4.74 Å². The molecule has 16 heavy (non-hydrogen) atoms. The van der Waals surface area contributed by atoms with Gasteiger partial charge in [-0.3, -0.25) is 0 Å². The number of fused-ring (bicyclic) bond motifs is 1. The van der Waals surface area contributed by atoms with Crippen molar-refractivity contribution in [1.82, 2.24) is 0 Å². The van der Waals surface area contributed by atoms with Crippen LogP contribution in [0.1, 0.15) is 5.56 Å². The molecule has 7 heteroatoms. The molecule has 86 valence electrons. The average molecular weight is 344 g/mol. The van der Waals surface area contributed by atoms with E-state index in [0.29, 0.717) is 20.8 Å². The smallest absolute Gasteiger partial charge is 0.260 e. The highest BCUT2D eigenvalue weighted by molar-refractivity contribution is 9.10. The van der Waals surface area contributed by atoms with Crippen molar-refractivity contribution in [2.45, 2.75) is 0 Å². The standard InChI is InChI=1S/C9H5BrCl2O3S/c10-8-3-6(11)1-5-2-7(16(12,13)14)4-15-9(5)8/h1-3H,4H2. The maximum atomic E-state index is 11.1. The summed E-state index contributed by atoms with van der Waals surface area (Å²) in [5.41, 5.74) is 0.588. The van der Waals surface area contributed by atoms with Crippen LogP contribution in [0.25, 0.3) is 6.08 Å². The van der Waals surface area contributed by atoms with Gasteiger partial charge in [0.15, 0.2) is 0 Å². The van der Waals surface area contributed by atoms with Gasteiger partial charge in [-0.1, -0.05) is 11.6 Å². The molecule has 0 amide bonds. The maximum absolute atomic E-state index is 11.1. The van der Waals surface area contributed by atoms with E-state index < -0.39 is 9.05 Å². The highest BCUT2D eigenvalue weighted by Crippen LogP contribution is 2.37. The molecule has 1 aliphatic heterocycles. The molecule has 0 aromatic heterocycles. The molecule has 1 aliphatic rings. The minimum Gasteiger partial charge on any atom is -0.486 e. The van der Waals surface area contributed by atoms with E-state index in [1.54, 1.807) is 12.1 Å². The highest BCUT2D eigenvalue weighted by Gasteiger charge is 2.22. The van der Waals surface area contributed by atoms with Crippen LogP contribution in [0.3, 0.4) is 0 Å². The number of ether oxygens (including phenoxy) is 1. The summed E-state index contributed by atoms with van der Waals surface area (Å²) in [5.74, 6) is 0.563. The molecule has 0 atom stereocenters. The molecule has 0 aliphatic carbocycles. The molecule has 1 heterocycles. The first kappa shape index (κ1) is 12.2. The summed E-state index contributed by atoms with van der Waals surface area (Å²) < 4.78 is 28.3. The Labute approximate surface area is 111 Å². The third-order valence-electron chi connectivity index (χ3n) is 2.03. The van der Waals surface area contributed by atoms with E-state index >= 15 is 0 Å². The van der Waals surface area contributed by atoms with E-state index in [0.717, 1.165) is 0 Å². The SMILES string of the molecule is O=S(=O)(Cl)C1=Cc2cc(Cl)cc(Br)c2OC1. The fourth-order valence-corrected chi connectivity index (χ4v) is 3.02. The lowest BCUT2D eigenvalue weighted by Crippen LogP contribution is -2.12. The summed E-state index contributed by atoms with van der Waals surface area (Å²) in [4.78, 5) is 0.0239. The molecular formula is C9H5BrCl2O3S. The fraction of sp³-hybridized carbons (Fsp3) is 0.111. The van der Waals surface area contributed by atoms with Crippen molar-refractivity contribution < 1.29 is 13.2 Å². The van der Waals surface area contributed by atoms with E-state index in [9.17, 15) is 8.42 Å². The highest BCUT2D eigenvalue weighted by atomic mass is 79.9. The van der Waals surface area contributed by atoms with Crippen molar-refractivity contribution >= 4 is 53.3 Å². The lowest BCUT2D eigenvalue weighted by Gasteiger charge is -2.17. The second kappa shape index (κ2) is 4.22. The Kier molecular flexibility index (Phi) is 3.22. The lowest BCUT2D eigenvalue weighted by atomic mass is 10.1. The van der Waals surface area contributed by atoms with Gasteiger partial charge >= 0.3 is 0 Å². The van der Waals surface area contributed by atoms with Crippen LogP contribution in [0, 0.1) is 0 Å². The Morgan fingerprint density at radius 2 is 2.06 bits per heavy atom. The van der Waals surface area contributed by atoms with E-state index in [-0.39, 0.29) is 11.5 Å². The molecule has 3 nitrogen and oxygen atoms in total. The predicted octanol–water partition coefficient (Wildman–Crippen LogP) is 3.40. The summed E-state index contributed by atoms with van der Waals surface area (Å²) in [6.45, 7) is -0.0704. The van der Waals surface area contributed by atoms with Crippen LogP contribution in [0.4, 0.5) is 0 Å². The maximum Gasteiger partial charge on any atom is 0.260 e. The minimum absolute atomic E-state index is 0.0239. The number of hydrogen-bond donors (Lipinski definition) is 0. The second-order valence-electron chi connectivity index (χ2n) is 3.14. The first-order valence-electron chi connectivity index (χ1n) is 4.15. The molecule has 0 N–H and O–H groups in total. The zero-order valence-corrected chi connectivity index (χ0v) is 11.6. The number of rotatable bonds is 1. The van der Waals surface area contributed by atoms with E-state index in [1.165, 1.54) is 6.08 Å². The first-order valence-corrected chi connectivity index (χ1v) is 7.63. The summed E-state index contributed by atoms with van der Waals surface area (Å²) in [7, 11) is 1.49. The molecule has 0 saturated carbocycles. The Morgan fingerprint density at radius 3 is 2.69 bits per heavy atom. The molecule has 0 bridgehead atoms. The molecule has 0 spiro atoms. The van der Waals surface area contributed by atoms with Gasteiger partial charge in [0.05, 0.1) is 9.38 Å². The normalized spacial score (nSPS) is 15.1. The topological polar surface area (TPSA) is 43.4 Å². The van der Waals surface area contributed by atoms with Gasteiger partial charge in [-0.2, -0.15) is 0 Å². The van der Waals surface area contributed by atoms with E-state index in [4.69, 9.17) is 27.0 Å². The largest absolute Gasteiger partial charge is 0.486 e. The van der Waals surface area contributed by atoms with Crippen molar-refractivity contribution in [3.05, 3.63) is 32.1 Å². The van der Waals surface area contributed by atoms with Gasteiger partial charge in [0, 0.05) is 21.3 Å². The number of benzene rings is 1. The number of hydrogen-bond acceptors (Lipinski definition) is 3. The van der Waals surface area contributed by atoms with Gasteiger partial charge in [-0.25, -0.2) is 8.42 Å². The van der Waals surface area contributed by atoms with Gasteiger partial charge in [0.1, 0.15) is 12.4 Å². The summed E-state index contributed by atoms with van der Waals surface area (Å²) >= 11 is 9.13. The minimum atomic E-state index is -3.74. The van der Waals surface area contributed by atoms with Crippen molar-refractivity contribution in [1.29, 1.82) is 0 Å². The molecule has 1 aromatic rings. The summed E-state index contributed by atoms with van der Waals surface area (Å²) in [5, 5.41) is 0.485. The van der Waals surface area contributed by atoms with Crippen LogP contribution >= 0.6 is 38.2 Å². The van der Waals surface area contributed by atoms with Gasteiger partial charge in [-0.15, -0.1) is 0 Å². The zero-order valence-electron chi connectivity index (χ0n) is 7.71. The van der Waals surface area contributed by atoms with Gasteiger partial charge in [0.25, 0.3) is 9.05 Å². The van der Waals surface area contributed by atoms with Crippen LogP contribution in [0.5, 0.6) is 5.75 Å². The Morgan fingerprint density at radius 1 is 1.38 bits per heavy atom. The van der Waals surface area contributed by atoms with E-state index in [2.05, 4.69) is 15.9 Å². The third-order valence-corrected chi connectivity index (χ3v) is 4.29.